The van der Waals surface area contributed by atoms with Crippen LogP contribution in [0.25, 0.3) is 58.8 Å². The summed E-state index contributed by atoms with van der Waals surface area (Å²) in [6.45, 7) is 0. The number of hydrogen-bond acceptors (Lipinski definition) is 3. The molecule has 0 atom stereocenters. The number of imidazole rings is 1. The highest BCUT2D eigenvalue weighted by molar-refractivity contribution is 7.26. The van der Waals surface area contributed by atoms with Gasteiger partial charge in [-0.25, -0.2) is 4.98 Å². The molecule has 0 spiro atoms. The van der Waals surface area contributed by atoms with Gasteiger partial charge in [0.2, 0.25) is 0 Å². The zero-order valence-electron chi connectivity index (χ0n) is 16.4. The zero-order valence-corrected chi connectivity index (χ0v) is 17.2. The van der Waals surface area contributed by atoms with Crippen molar-refractivity contribution >= 4 is 59.0 Å². The van der Waals surface area contributed by atoms with E-state index >= 15 is 0 Å². The fourth-order valence-corrected chi connectivity index (χ4v) is 5.89. The van der Waals surface area contributed by atoms with Gasteiger partial charge in [-0.2, -0.15) is 0 Å². The summed E-state index contributed by atoms with van der Waals surface area (Å²) < 4.78 is 4.66. The Morgan fingerprint density at radius 2 is 1.65 bits per heavy atom. The molecule has 3 aromatic heterocycles. The van der Waals surface area contributed by atoms with Gasteiger partial charge in [-0.1, -0.05) is 48.5 Å². The molecule has 0 amide bonds. The Hall–Kier alpha value is -3.89. The van der Waals surface area contributed by atoms with Crippen LogP contribution in [0.1, 0.15) is 0 Å². The third-order valence-electron chi connectivity index (χ3n) is 6.10. The summed E-state index contributed by atoms with van der Waals surface area (Å²) in [6.07, 6.45) is 2.14. The number of rotatable bonds is 1. The van der Waals surface area contributed by atoms with Crippen LogP contribution in [-0.2, 0) is 0 Å². The van der Waals surface area contributed by atoms with Crippen LogP contribution < -0.4 is 0 Å². The molecule has 7 aromatic rings. The van der Waals surface area contributed by atoms with E-state index in [1.54, 1.807) is 23.5 Å². The van der Waals surface area contributed by atoms with Gasteiger partial charge in [-0.05, 0) is 58.3 Å². The monoisotopic (exact) mass is 416 g/mol. The molecule has 3 nitrogen and oxygen atoms in total. The number of nitrogens with zero attached hydrogens (tertiary/aromatic N) is 2. The Morgan fingerprint density at radius 3 is 2.55 bits per heavy atom. The average molecular weight is 417 g/mol. The van der Waals surface area contributed by atoms with E-state index in [1.165, 1.54) is 36.5 Å². The minimum absolute atomic E-state index is 0.281. The van der Waals surface area contributed by atoms with Crippen LogP contribution in [0.4, 0.5) is 0 Å². The predicted molar refractivity (Wildman–Crippen MR) is 130 cm³/mol. The quantitative estimate of drug-likeness (QED) is 0.303. The fraction of sp³-hybridized carbons (Fsp3) is 0. The maximum absolute atomic E-state index is 9.75. The third kappa shape index (κ3) is 2.31. The number of pyridine rings is 1. The van der Waals surface area contributed by atoms with Crippen molar-refractivity contribution in [1.29, 1.82) is 0 Å². The molecule has 0 aliphatic heterocycles. The number of phenols is 1. The van der Waals surface area contributed by atoms with Gasteiger partial charge in [0.1, 0.15) is 5.75 Å². The molecular formula is C27H16N2OS. The number of aromatic hydroxyl groups is 1. The highest BCUT2D eigenvalue weighted by Crippen LogP contribution is 2.43. The molecule has 0 saturated carbocycles. The van der Waals surface area contributed by atoms with Crippen LogP contribution in [0.2, 0.25) is 0 Å². The van der Waals surface area contributed by atoms with E-state index in [-0.39, 0.29) is 5.75 Å². The molecule has 4 heteroatoms. The summed E-state index contributed by atoms with van der Waals surface area (Å²) in [6, 6.07) is 28.8. The molecule has 3 heterocycles. The zero-order chi connectivity index (χ0) is 20.5. The van der Waals surface area contributed by atoms with E-state index in [9.17, 15) is 5.11 Å². The van der Waals surface area contributed by atoms with Crippen LogP contribution in [0.3, 0.4) is 0 Å². The third-order valence-corrected chi connectivity index (χ3v) is 7.27. The topological polar surface area (TPSA) is 37.5 Å². The first kappa shape index (κ1) is 16.9. The van der Waals surface area contributed by atoms with Crippen LogP contribution >= 0.6 is 11.3 Å². The summed E-state index contributed by atoms with van der Waals surface area (Å²) >= 11 is 1.80. The SMILES string of the molecule is Oc1ccc(-c2cccc3ccc4sc5c(ccn6c7ccccc7nc56)c4c23)cc1. The molecule has 4 aromatic carbocycles. The molecule has 0 saturated heterocycles. The number of para-hydroxylation sites is 2. The van der Waals surface area contributed by atoms with Gasteiger partial charge >= 0.3 is 0 Å². The maximum atomic E-state index is 9.75. The van der Waals surface area contributed by atoms with E-state index in [2.05, 4.69) is 65.2 Å². The van der Waals surface area contributed by atoms with Crippen LogP contribution in [0.15, 0.2) is 91.1 Å². The molecule has 146 valence electrons. The lowest BCUT2D eigenvalue weighted by molar-refractivity contribution is 0.475. The minimum Gasteiger partial charge on any atom is -0.508 e. The van der Waals surface area contributed by atoms with Crippen molar-refractivity contribution in [2.24, 2.45) is 0 Å². The van der Waals surface area contributed by atoms with Gasteiger partial charge in [0, 0.05) is 21.7 Å². The van der Waals surface area contributed by atoms with E-state index < -0.39 is 0 Å². The first-order chi connectivity index (χ1) is 15.3. The van der Waals surface area contributed by atoms with E-state index in [0.29, 0.717) is 0 Å². The number of phenolic OH excluding ortho intramolecular Hbond substituents is 1. The standard InChI is InChI=1S/C27H16N2OS/c30-18-11-8-16(9-12-18)19-5-3-4-17-10-13-23-25(24(17)19)20-14-15-29-22-7-2-1-6-21(22)28-27(29)26(20)31-23/h1-15,30H. The lowest BCUT2D eigenvalue weighted by Gasteiger charge is -2.09. The highest BCUT2D eigenvalue weighted by Gasteiger charge is 2.16. The van der Waals surface area contributed by atoms with Crippen molar-refractivity contribution in [3.8, 4) is 16.9 Å². The van der Waals surface area contributed by atoms with Crippen molar-refractivity contribution < 1.29 is 5.11 Å². The van der Waals surface area contributed by atoms with E-state index in [1.807, 2.05) is 18.2 Å². The smallest absolute Gasteiger partial charge is 0.156 e. The van der Waals surface area contributed by atoms with Crippen LogP contribution in [0.5, 0.6) is 5.75 Å². The van der Waals surface area contributed by atoms with E-state index in [0.717, 1.165) is 22.2 Å². The lowest BCUT2D eigenvalue weighted by atomic mass is 9.95. The number of benzene rings is 4. The first-order valence-electron chi connectivity index (χ1n) is 10.2. The fourth-order valence-electron chi connectivity index (χ4n) is 4.70. The van der Waals surface area contributed by atoms with Gasteiger partial charge in [0.05, 0.1) is 15.7 Å². The normalized spacial score (nSPS) is 12.0. The van der Waals surface area contributed by atoms with Crippen molar-refractivity contribution in [3.63, 3.8) is 0 Å². The molecule has 1 N–H and O–H groups in total. The summed E-state index contributed by atoms with van der Waals surface area (Å²) in [7, 11) is 0. The Labute approximate surface area is 181 Å². The van der Waals surface area contributed by atoms with Gasteiger partial charge in [-0.15, -0.1) is 11.3 Å². The summed E-state index contributed by atoms with van der Waals surface area (Å²) in [4.78, 5) is 4.95. The number of hydrogen-bond donors (Lipinski definition) is 1. The van der Waals surface area contributed by atoms with Gasteiger partial charge in [-0.3, -0.25) is 4.40 Å². The molecule has 0 fully saturated rings. The first-order valence-corrected chi connectivity index (χ1v) is 11.0. The maximum Gasteiger partial charge on any atom is 0.156 e. The highest BCUT2D eigenvalue weighted by atomic mass is 32.1. The predicted octanol–water partition coefficient (Wildman–Crippen LogP) is 7.38. The second-order valence-electron chi connectivity index (χ2n) is 7.84. The Morgan fingerprint density at radius 1 is 0.774 bits per heavy atom. The second kappa shape index (κ2) is 6.06. The van der Waals surface area contributed by atoms with E-state index in [4.69, 9.17) is 4.98 Å². The van der Waals surface area contributed by atoms with Crippen molar-refractivity contribution in [2.45, 2.75) is 0 Å². The molecular weight excluding hydrogens is 400 g/mol. The molecule has 31 heavy (non-hydrogen) atoms. The molecule has 0 aliphatic rings. The van der Waals surface area contributed by atoms with Gasteiger partial charge < -0.3 is 5.11 Å². The lowest BCUT2D eigenvalue weighted by Crippen LogP contribution is -1.84. The largest absolute Gasteiger partial charge is 0.508 e. The van der Waals surface area contributed by atoms with Crippen LogP contribution in [0, 0.1) is 0 Å². The average Bonchev–Trinajstić information content (AvgIpc) is 3.37. The minimum atomic E-state index is 0.281. The second-order valence-corrected chi connectivity index (χ2v) is 8.90. The van der Waals surface area contributed by atoms with Crippen molar-refractivity contribution in [2.75, 3.05) is 0 Å². The molecule has 0 unspecified atom stereocenters. The molecule has 0 aliphatic carbocycles. The Kier molecular flexibility index (Phi) is 3.30. The van der Waals surface area contributed by atoms with Crippen LogP contribution in [-0.4, -0.2) is 14.5 Å². The van der Waals surface area contributed by atoms with Crippen molar-refractivity contribution in [3.05, 3.63) is 91.1 Å². The summed E-state index contributed by atoms with van der Waals surface area (Å²) in [5.74, 6) is 0.281. The van der Waals surface area contributed by atoms with Gasteiger partial charge in [0.15, 0.2) is 5.65 Å². The summed E-state index contributed by atoms with van der Waals surface area (Å²) in [5, 5.41) is 14.7. The molecule has 0 bridgehead atoms. The molecule has 0 radical (unpaired) electrons. The van der Waals surface area contributed by atoms with Crippen molar-refractivity contribution in [1.82, 2.24) is 9.38 Å². The molecule has 7 rings (SSSR count). The number of aromatic nitrogens is 2. The number of thiophene rings is 1. The summed E-state index contributed by atoms with van der Waals surface area (Å²) in [5.41, 5.74) is 5.43. The Bertz CT molecular complexity index is 1790. The Balaban J connectivity index is 1.66. The number of fused-ring (bicyclic) bond motifs is 9. The van der Waals surface area contributed by atoms with Gasteiger partial charge in [0.25, 0.3) is 0 Å².